The average molecular weight is 433 g/mol. The van der Waals surface area contributed by atoms with Gasteiger partial charge in [-0.3, -0.25) is 9.78 Å². The summed E-state index contributed by atoms with van der Waals surface area (Å²) in [6.45, 7) is 2.51. The summed E-state index contributed by atoms with van der Waals surface area (Å²) in [6, 6.07) is 15.1. The number of aromatic nitrogens is 1. The third-order valence-corrected chi connectivity index (χ3v) is 7.12. The third-order valence-electron chi connectivity index (χ3n) is 7.12. The van der Waals surface area contributed by atoms with E-state index >= 15 is 0 Å². The average Bonchev–Trinajstić information content (AvgIpc) is 3.20. The summed E-state index contributed by atoms with van der Waals surface area (Å²) in [7, 11) is 0. The highest BCUT2D eigenvalue weighted by Crippen LogP contribution is 2.43. The summed E-state index contributed by atoms with van der Waals surface area (Å²) in [5.74, 6) is 0.158. The van der Waals surface area contributed by atoms with Gasteiger partial charge < -0.3 is 9.64 Å². The minimum atomic E-state index is -0.531. The van der Waals surface area contributed by atoms with Crippen LogP contribution in [0.4, 0.5) is 4.39 Å². The monoisotopic (exact) mass is 432 g/mol. The predicted octanol–water partition coefficient (Wildman–Crippen LogP) is 4.90. The fraction of sp³-hybridized carbons (Fsp3) is 0.407. The van der Waals surface area contributed by atoms with Gasteiger partial charge in [0.25, 0.3) is 0 Å². The van der Waals surface area contributed by atoms with E-state index in [0.29, 0.717) is 26.3 Å². The second-order valence-electron chi connectivity index (χ2n) is 9.25. The van der Waals surface area contributed by atoms with E-state index in [1.807, 2.05) is 23.4 Å². The minimum Gasteiger partial charge on any atom is -0.379 e. The lowest BCUT2D eigenvalue weighted by Crippen LogP contribution is -2.47. The normalized spacial score (nSPS) is 20.9. The van der Waals surface area contributed by atoms with E-state index in [9.17, 15) is 9.18 Å². The van der Waals surface area contributed by atoms with E-state index in [4.69, 9.17) is 4.74 Å². The highest BCUT2D eigenvalue weighted by Gasteiger charge is 2.45. The Balaban J connectivity index is 1.36. The van der Waals surface area contributed by atoms with Crippen LogP contribution in [0.5, 0.6) is 0 Å². The number of nitrogens with zero attached hydrogens (tertiary/aromatic N) is 2. The molecule has 2 fully saturated rings. The lowest BCUT2D eigenvalue weighted by Gasteiger charge is -2.35. The Bertz CT molecular complexity index is 1090. The number of pyridine rings is 1. The number of amides is 1. The van der Waals surface area contributed by atoms with E-state index in [1.165, 1.54) is 23.1 Å². The van der Waals surface area contributed by atoms with Crippen LogP contribution in [0.15, 0.2) is 60.9 Å². The molecular weight excluding hydrogens is 403 g/mol. The van der Waals surface area contributed by atoms with Gasteiger partial charge in [-0.25, -0.2) is 4.39 Å². The molecule has 32 heavy (non-hydrogen) atoms. The fourth-order valence-electron chi connectivity index (χ4n) is 5.46. The van der Waals surface area contributed by atoms with Gasteiger partial charge in [-0.2, -0.15) is 0 Å². The molecule has 1 unspecified atom stereocenters. The first kappa shape index (κ1) is 21.1. The SMILES string of the molecule is O=C(N1CCOCC(Cc2ccc3ccncc3c2)C1)C1(c2ccc(F)cc2)CCCC1. The zero-order chi connectivity index (χ0) is 22.0. The molecular formula is C27H29FN2O2. The van der Waals surface area contributed by atoms with Gasteiger partial charge in [-0.15, -0.1) is 0 Å². The summed E-state index contributed by atoms with van der Waals surface area (Å²) >= 11 is 0. The summed E-state index contributed by atoms with van der Waals surface area (Å²) in [6.07, 6.45) is 8.28. The molecule has 1 aliphatic carbocycles. The zero-order valence-electron chi connectivity index (χ0n) is 18.3. The molecule has 1 saturated heterocycles. The van der Waals surface area contributed by atoms with Crippen LogP contribution in [-0.4, -0.2) is 42.1 Å². The topological polar surface area (TPSA) is 42.4 Å². The number of halogens is 1. The molecule has 0 spiro atoms. The Morgan fingerprint density at radius 1 is 1.09 bits per heavy atom. The summed E-state index contributed by atoms with van der Waals surface area (Å²) < 4.78 is 19.5. The Hall–Kier alpha value is -2.79. The fourth-order valence-corrected chi connectivity index (χ4v) is 5.46. The van der Waals surface area contributed by atoms with Gasteiger partial charge in [0.1, 0.15) is 5.82 Å². The van der Waals surface area contributed by atoms with Gasteiger partial charge in [0.05, 0.1) is 18.6 Å². The van der Waals surface area contributed by atoms with Gasteiger partial charge >= 0.3 is 0 Å². The molecule has 166 valence electrons. The summed E-state index contributed by atoms with van der Waals surface area (Å²) in [5.41, 5.74) is 1.66. The second-order valence-corrected chi connectivity index (χ2v) is 9.25. The standard InChI is InChI=1S/C27H29FN2O2/c28-25-7-5-24(6-8-25)27(10-1-2-11-27)26(31)30-13-14-32-19-21(18-30)15-20-3-4-22-9-12-29-17-23(22)16-20/h3-9,12,16-17,21H,1-2,10-11,13-15,18-19H2. The van der Waals surface area contributed by atoms with Crippen LogP contribution in [0.2, 0.25) is 0 Å². The van der Waals surface area contributed by atoms with Crippen molar-refractivity contribution in [2.24, 2.45) is 5.92 Å². The molecule has 5 rings (SSSR count). The van der Waals surface area contributed by atoms with Crippen molar-refractivity contribution in [2.45, 2.75) is 37.5 Å². The van der Waals surface area contributed by atoms with E-state index < -0.39 is 5.41 Å². The highest BCUT2D eigenvalue weighted by molar-refractivity contribution is 5.88. The largest absolute Gasteiger partial charge is 0.379 e. The van der Waals surface area contributed by atoms with Crippen molar-refractivity contribution < 1.29 is 13.9 Å². The first-order chi connectivity index (χ1) is 15.6. The van der Waals surface area contributed by atoms with Gasteiger partial charge in [0.2, 0.25) is 5.91 Å². The molecule has 3 aromatic rings. The Morgan fingerprint density at radius 3 is 2.72 bits per heavy atom. The molecule has 0 radical (unpaired) electrons. The molecule has 4 nitrogen and oxygen atoms in total. The summed E-state index contributed by atoms with van der Waals surface area (Å²) in [4.78, 5) is 20.1. The molecule has 1 amide bonds. The maximum atomic E-state index is 13.9. The van der Waals surface area contributed by atoms with Crippen LogP contribution < -0.4 is 0 Å². The number of carbonyl (C=O) groups excluding carboxylic acids is 1. The number of carbonyl (C=O) groups is 1. The van der Waals surface area contributed by atoms with Crippen molar-refractivity contribution >= 4 is 16.7 Å². The maximum absolute atomic E-state index is 13.9. The number of benzene rings is 2. The highest BCUT2D eigenvalue weighted by atomic mass is 19.1. The first-order valence-electron chi connectivity index (χ1n) is 11.6. The first-order valence-corrected chi connectivity index (χ1v) is 11.6. The Morgan fingerprint density at radius 2 is 1.91 bits per heavy atom. The third kappa shape index (κ3) is 4.14. The molecule has 1 saturated carbocycles. The lowest BCUT2D eigenvalue weighted by atomic mass is 9.77. The molecule has 2 heterocycles. The number of rotatable bonds is 4. The number of hydrogen-bond donors (Lipinski definition) is 0. The van der Waals surface area contributed by atoms with Crippen LogP contribution in [-0.2, 0) is 21.4 Å². The van der Waals surface area contributed by atoms with Gasteiger partial charge in [0, 0.05) is 36.8 Å². The van der Waals surface area contributed by atoms with E-state index in [1.54, 1.807) is 12.1 Å². The van der Waals surface area contributed by atoms with Crippen molar-refractivity contribution in [1.29, 1.82) is 0 Å². The van der Waals surface area contributed by atoms with Gasteiger partial charge in [-0.1, -0.05) is 37.1 Å². The van der Waals surface area contributed by atoms with Crippen LogP contribution in [0.3, 0.4) is 0 Å². The van der Waals surface area contributed by atoms with E-state index in [0.717, 1.165) is 43.1 Å². The summed E-state index contributed by atoms with van der Waals surface area (Å²) in [5, 5.41) is 2.31. The molecule has 0 bridgehead atoms. The van der Waals surface area contributed by atoms with Crippen LogP contribution in [0.25, 0.3) is 10.8 Å². The molecule has 1 atom stereocenters. The van der Waals surface area contributed by atoms with E-state index in [2.05, 4.69) is 23.2 Å². The molecule has 0 N–H and O–H groups in total. The smallest absolute Gasteiger partial charge is 0.233 e. The van der Waals surface area contributed by atoms with Crippen LogP contribution in [0.1, 0.15) is 36.8 Å². The van der Waals surface area contributed by atoms with Gasteiger partial charge in [-0.05, 0) is 60.0 Å². The lowest BCUT2D eigenvalue weighted by molar-refractivity contribution is -0.137. The van der Waals surface area contributed by atoms with Gasteiger partial charge in [0.15, 0.2) is 0 Å². The number of hydrogen-bond acceptors (Lipinski definition) is 3. The van der Waals surface area contributed by atoms with E-state index in [-0.39, 0.29) is 17.6 Å². The maximum Gasteiger partial charge on any atom is 0.233 e. The molecule has 5 heteroatoms. The Kier molecular flexibility index (Phi) is 5.92. The number of ether oxygens (including phenoxy) is 1. The van der Waals surface area contributed by atoms with Crippen molar-refractivity contribution in [3.05, 3.63) is 77.9 Å². The predicted molar refractivity (Wildman–Crippen MR) is 123 cm³/mol. The van der Waals surface area contributed by atoms with Crippen molar-refractivity contribution in [2.75, 3.05) is 26.3 Å². The van der Waals surface area contributed by atoms with Crippen LogP contribution in [0, 0.1) is 11.7 Å². The zero-order valence-corrected chi connectivity index (χ0v) is 18.3. The Labute approximate surface area is 188 Å². The molecule has 1 aromatic heterocycles. The second kappa shape index (κ2) is 8.99. The molecule has 2 aliphatic rings. The molecule has 2 aromatic carbocycles. The quantitative estimate of drug-likeness (QED) is 0.589. The van der Waals surface area contributed by atoms with Crippen LogP contribution >= 0.6 is 0 Å². The number of fused-ring (bicyclic) bond motifs is 1. The van der Waals surface area contributed by atoms with Crippen molar-refractivity contribution in [3.8, 4) is 0 Å². The molecule has 1 aliphatic heterocycles. The minimum absolute atomic E-state index is 0.180. The van der Waals surface area contributed by atoms with Crippen molar-refractivity contribution in [3.63, 3.8) is 0 Å². The van der Waals surface area contributed by atoms with Crippen molar-refractivity contribution in [1.82, 2.24) is 9.88 Å².